The fourth-order valence-electron chi connectivity index (χ4n) is 2.54. The van der Waals surface area contributed by atoms with Crippen molar-refractivity contribution in [2.24, 2.45) is 0 Å². The van der Waals surface area contributed by atoms with Crippen molar-refractivity contribution in [1.82, 2.24) is 14.8 Å². The first kappa shape index (κ1) is 13.2. The molecule has 1 aromatic heterocycles. The van der Waals surface area contributed by atoms with Crippen molar-refractivity contribution in [3.63, 3.8) is 0 Å². The summed E-state index contributed by atoms with van der Waals surface area (Å²) < 4.78 is 1.39. The van der Waals surface area contributed by atoms with Gasteiger partial charge in [-0.05, 0) is 24.3 Å². The monoisotopic (exact) mass is 305 g/mol. The Morgan fingerprint density at radius 1 is 0.826 bits per heavy atom. The molecule has 2 N–H and O–H groups in total. The Bertz CT molecular complexity index is 898. The topological polar surface area (TPSA) is 94.1 Å². The van der Waals surface area contributed by atoms with Crippen LogP contribution in [0.25, 0.3) is 5.69 Å². The van der Waals surface area contributed by atoms with Crippen molar-refractivity contribution >= 4 is 23.7 Å². The molecule has 2 aromatic carbocycles. The predicted octanol–water partition coefficient (Wildman–Crippen LogP) is 1.65. The van der Waals surface area contributed by atoms with E-state index in [0.717, 1.165) is 4.90 Å². The van der Waals surface area contributed by atoms with Gasteiger partial charge in [0.25, 0.3) is 17.8 Å². The lowest BCUT2D eigenvalue weighted by atomic mass is 10.1. The van der Waals surface area contributed by atoms with Gasteiger partial charge in [-0.1, -0.05) is 30.3 Å². The lowest BCUT2D eigenvalue weighted by Gasteiger charge is -2.07. The maximum atomic E-state index is 12.4. The Morgan fingerprint density at radius 2 is 1.39 bits per heavy atom. The van der Waals surface area contributed by atoms with Crippen LogP contribution in [0.15, 0.2) is 54.6 Å². The van der Waals surface area contributed by atoms with Gasteiger partial charge >= 0.3 is 0 Å². The van der Waals surface area contributed by atoms with Crippen LogP contribution in [-0.4, -0.2) is 26.6 Å². The van der Waals surface area contributed by atoms with E-state index < -0.39 is 11.8 Å². The smallest absolute Gasteiger partial charge is 0.268 e. The van der Waals surface area contributed by atoms with E-state index in [9.17, 15) is 9.59 Å². The summed E-state index contributed by atoms with van der Waals surface area (Å²) in [5.41, 5.74) is 7.25. The molecule has 23 heavy (non-hydrogen) atoms. The van der Waals surface area contributed by atoms with Crippen LogP contribution >= 0.6 is 0 Å². The quantitative estimate of drug-likeness (QED) is 0.726. The molecule has 0 fully saturated rings. The molecule has 0 aliphatic carbocycles. The highest BCUT2D eigenvalue weighted by Crippen LogP contribution is 2.27. The van der Waals surface area contributed by atoms with Gasteiger partial charge in [0.1, 0.15) is 0 Å². The highest BCUT2D eigenvalue weighted by atomic mass is 16.2. The number of aromatic nitrogens is 3. The van der Waals surface area contributed by atoms with Gasteiger partial charge in [-0.3, -0.25) is 9.59 Å². The van der Waals surface area contributed by atoms with Crippen LogP contribution in [0.2, 0.25) is 0 Å². The number of nitrogen functional groups attached to an aromatic ring is 1. The Balaban J connectivity index is 1.79. The first-order valence-corrected chi connectivity index (χ1v) is 6.92. The van der Waals surface area contributed by atoms with Gasteiger partial charge in [0.05, 0.1) is 16.8 Å². The van der Waals surface area contributed by atoms with Crippen LogP contribution < -0.4 is 10.6 Å². The number of carbonyl (C=O) groups excluding carboxylic acids is 2. The lowest BCUT2D eigenvalue weighted by Crippen LogP contribution is -2.30. The maximum Gasteiger partial charge on any atom is 0.268 e. The minimum Gasteiger partial charge on any atom is -0.368 e. The molecule has 0 spiro atoms. The van der Waals surface area contributed by atoms with E-state index in [1.807, 2.05) is 18.2 Å². The molecule has 1 aliphatic rings. The molecule has 0 saturated carbocycles. The van der Waals surface area contributed by atoms with Crippen molar-refractivity contribution in [1.29, 1.82) is 0 Å². The van der Waals surface area contributed by atoms with Crippen LogP contribution in [0.5, 0.6) is 0 Å². The fraction of sp³-hybridized carbons (Fsp3) is 0. The molecule has 7 heteroatoms. The largest absolute Gasteiger partial charge is 0.368 e. The molecule has 2 heterocycles. The first-order valence-electron chi connectivity index (χ1n) is 6.92. The fourth-order valence-corrected chi connectivity index (χ4v) is 2.54. The Hall–Kier alpha value is -3.48. The zero-order valence-corrected chi connectivity index (χ0v) is 11.9. The second-order valence-electron chi connectivity index (χ2n) is 5.01. The summed E-state index contributed by atoms with van der Waals surface area (Å²) in [5, 5.41) is 4.21. The van der Waals surface area contributed by atoms with E-state index in [-0.39, 0.29) is 11.9 Å². The molecule has 0 radical (unpaired) electrons. The third kappa shape index (κ3) is 1.90. The summed E-state index contributed by atoms with van der Waals surface area (Å²) in [5.74, 6) is -0.827. The highest BCUT2D eigenvalue weighted by Gasteiger charge is 2.38. The average molecular weight is 305 g/mol. The summed E-state index contributed by atoms with van der Waals surface area (Å²) >= 11 is 0. The standard InChI is InChI=1S/C16H11N5O2/c17-15-18-16(19-21(15)10-6-2-1-3-7-10)20-13(22)11-8-4-5-9-12(11)14(20)23/h1-9H,(H2,17,18,19). The van der Waals surface area contributed by atoms with Crippen LogP contribution in [0.1, 0.15) is 20.7 Å². The van der Waals surface area contributed by atoms with Crippen molar-refractivity contribution in [3.8, 4) is 5.69 Å². The number of rotatable bonds is 2. The Labute approximate surface area is 131 Å². The number of nitrogens with zero attached hydrogens (tertiary/aromatic N) is 4. The van der Waals surface area contributed by atoms with E-state index in [4.69, 9.17) is 5.73 Å². The van der Waals surface area contributed by atoms with Gasteiger partial charge in [0.15, 0.2) is 0 Å². The molecule has 2 amide bonds. The van der Waals surface area contributed by atoms with E-state index in [1.54, 1.807) is 36.4 Å². The number of hydrogen-bond acceptors (Lipinski definition) is 5. The van der Waals surface area contributed by atoms with Gasteiger partial charge in [0.2, 0.25) is 5.95 Å². The molecular formula is C16H11N5O2. The first-order chi connectivity index (χ1) is 11.2. The van der Waals surface area contributed by atoms with E-state index in [2.05, 4.69) is 10.1 Å². The normalized spacial score (nSPS) is 13.5. The van der Waals surface area contributed by atoms with E-state index in [1.165, 1.54) is 4.68 Å². The number of nitrogens with two attached hydrogens (primary N) is 1. The summed E-state index contributed by atoms with van der Waals surface area (Å²) in [4.78, 5) is 29.9. The molecular weight excluding hydrogens is 294 g/mol. The maximum absolute atomic E-state index is 12.4. The van der Waals surface area contributed by atoms with Crippen molar-refractivity contribution in [3.05, 3.63) is 65.7 Å². The second-order valence-corrected chi connectivity index (χ2v) is 5.01. The molecule has 4 rings (SSSR count). The third-order valence-electron chi connectivity index (χ3n) is 3.62. The number of amides is 2. The molecule has 0 saturated heterocycles. The Morgan fingerprint density at radius 3 is 2.00 bits per heavy atom. The zero-order chi connectivity index (χ0) is 16.0. The number of carbonyl (C=O) groups is 2. The lowest BCUT2D eigenvalue weighted by molar-refractivity contribution is 0.0924. The third-order valence-corrected chi connectivity index (χ3v) is 3.62. The Kier molecular flexibility index (Phi) is 2.74. The van der Waals surface area contributed by atoms with Crippen LogP contribution in [0.3, 0.4) is 0 Å². The number of hydrogen-bond donors (Lipinski definition) is 1. The molecule has 0 unspecified atom stereocenters. The number of para-hydroxylation sites is 1. The number of imide groups is 1. The van der Waals surface area contributed by atoms with Gasteiger partial charge < -0.3 is 5.73 Å². The molecule has 0 bridgehead atoms. The zero-order valence-electron chi connectivity index (χ0n) is 11.9. The average Bonchev–Trinajstić information content (AvgIpc) is 3.07. The minimum absolute atomic E-state index is 0.0300. The summed E-state index contributed by atoms with van der Waals surface area (Å²) in [6.45, 7) is 0. The molecule has 0 atom stereocenters. The SMILES string of the molecule is Nc1nc(N2C(=O)c3ccccc3C2=O)nn1-c1ccccc1. The molecule has 7 nitrogen and oxygen atoms in total. The van der Waals surface area contributed by atoms with Crippen molar-refractivity contribution < 1.29 is 9.59 Å². The van der Waals surface area contributed by atoms with Crippen LogP contribution in [-0.2, 0) is 0 Å². The molecule has 3 aromatic rings. The molecule has 1 aliphatic heterocycles. The summed E-state index contributed by atoms with van der Waals surface area (Å²) in [6, 6.07) is 15.8. The number of benzene rings is 2. The highest BCUT2D eigenvalue weighted by molar-refractivity contribution is 6.33. The predicted molar refractivity (Wildman–Crippen MR) is 83.4 cm³/mol. The van der Waals surface area contributed by atoms with Gasteiger partial charge in [-0.2, -0.15) is 9.67 Å². The number of anilines is 2. The second kappa shape index (κ2) is 4.77. The summed E-state index contributed by atoms with van der Waals surface area (Å²) in [7, 11) is 0. The number of fused-ring (bicyclic) bond motifs is 1. The van der Waals surface area contributed by atoms with E-state index in [0.29, 0.717) is 16.8 Å². The summed E-state index contributed by atoms with van der Waals surface area (Å²) in [6.07, 6.45) is 0. The van der Waals surface area contributed by atoms with Crippen molar-refractivity contribution in [2.45, 2.75) is 0 Å². The van der Waals surface area contributed by atoms with Crippen molar-refractivity contribution in [2.75, 3.05) is 10.6 Å². The van der Waals surface area contributed by atoms with Gasteiger partial charge in [-0.25, -0.2) is 4.90 Å². The molecule has 112 valence electrons. The van der Waals surface area contributed by atoms with Crippen LogP contribution in [0, 0.1) is 0 Å². The van der Waals surface area contributed by atoms with Crippen LogP contribution in [0.4, 0.5) is 11.9 Å². The van der Waals surface area contributed by atoms with Gasteiger partial charge in [0, 0.05) is 0 Å². The van der Waals surface area contributed by atoms with Gasteiger partial charge in [-0.15, -0.1) is 5.10 Å². The minimum atomic E-state index is -0.448. The van der Waals surface area contributed by atoms with E-state index >= 15 is 0 Å².